The van der Waals surface area contributed by atoms with E-state index in [0.717, 1.165) is 21.8 Å². The zero-order chi connectivity index (χ0) is 13.8. The van der Waals surface area contributed by atoms with Crippen LogP contribution in [0.25, 0.3) is 0 Å². The second-order valence-corrected chi connectivity index (χ2v) is 5.30. The molecule has 0 fully saturated rings. The van der Waals surface area contributed by atoms with E-state index in [1.54, 1.807) is 11.8 Å². The fourth-order valence-corrected chi connectivity index (χ4v) is 2.94. The molecule has 0 aromatic heterocycles. The Kier molecular flexibility index (Phi) is 4.44. The average molecular weight is 281 g/mol. The van der Waals surface area contributed by atoms with Crippen LogP contribution in [0.5, 0.6) is 0 Å². The van der Waals surface area contributed by atoms with Crippen molar-refractivity contribution >= 4 is 23.6 Å². The molecule has 0 saturated heterocycles. The first-order chi connectivity index (χ1) is 9.15. The number of carbonyl (C=O) groups is 2. The van der Waals surface area contributed by atoms with Crippen LogP contribution in [0, 0.1) is 0 Å². The van der Waals surface area contributed by atoms with Crippen molar-refractivity contribution in [1.82, 2.24) is 4.90 Å². The van der Waals surface area contributed by atoms with Gasteiger partial charge in [-0.25, -0.2) is 4.79 Å². The van der Waals surface area contributed by atoms with E-state index in [9.17, 15) is 9.59 Å². The molecule has 5 nitrogen and oxygen atoms in total. The topological polar surface area (TPSA) is 66.8 Å². The Hall–Kier alpha value is -1.53. The van der Waals surface area contributed by atoms with E-state index in [4.69, 9.17) is 5.11 Å². The Balaban J connectivity index is 2.23. The average Bonchev–Trinajstić information content (AvgIpc) is 2.66. The molecular weight excluding hydrogens is 266 g/mol. The van der Waals surface area contributed by atoms with Crippen molar-refractivity contribution < 1.29 is 19.4 Å². The third-order valence-electron chi connectivity index (χ3n) is 2.93. The molecular formula is C13H15NO4S. The van der Waals surface area contributed by atoms with Crippen molar-refractivity contribution in [1.29, 1.82) is 0 Å². The molecule has 6 heteroatoms. The van der Waals surface area contributed by atoms with Crippen LogP contribution in [0.4, 0.5) is 0 Å². The molecule has 0 unspecified atom stereocenters. The van der Waals surface area contributed by atoms with Crippen LogP contribution in [-0.2, 0) is 27.5 Å². The van der Waals surface area contributed by atoms with Gasteiger partial charge in [0, 0.05) is 23.7 Å². The number of amides is 1. The van der Waals surface area contributed by atoms with Crippen molar-refractivity contribution in [3.63, 3.8) is 0 Å². The van der Waals surface area contributed by atoms with Gasteiger partial charge in [-0.15, -0.1) is 11.8 Å². The second kappa shape index (κ2) is 6.08. The van der Waals surface area contributed by atoms with Crippen molar-refractivity contribution in [2.75, 3.05) is 19.4 Å². The minimum Gasteiger partial charge on any atom is -0.462 e. The third kappa shape index (κ3) is 3.08. The third-order valence-corrected chi connectivity index (χ3v) is 4.03. The van der Waals surface area contributed by atoms with Gasteiger partial charge >= 0.3 is 11.9 Å². The number of benzene rings is 1. The monoisotopic (exact) mass is 281 g/mol. The number of carbonyl (C=O) groups excluding carboxylic acids is 2. The fraction of sp³-hybridized carbons (Fsp3) is 0.385. The number of hydrogen-bond donors (Lipinski definition) is 1. The number of nitrogens with zero attached hydrogens (tertiary/aromatic N) is 1. The van der Waals surface area contributed by atoms with Crippen molar-refractivity contribution in [3.05, 3.63) is 29.3 Å². The second-order valence-electron chi connectivity index (χ2n) is 4.17. The SMILES string of the molecule is COC(=O)C(=O)N1CCSc2ccc(CO)cc2C1. The molecule has 102 valence electrons. The lowest BCUT2D eigenvalue weighted by molar-refractivity contribution is -0.158. The molecule has 0 aliphatic carbocycles. The highest BCUT2D eigenvalue weighted by Crippen LogP contribution is 2.28. The maximum absolute atomic E-state index is 11.8. The van der Waals surface area contributed by atoms with E-state index in [0.29, 0.717) is 13.1 Å². The highest BCUT2D eigenvalue weighted by Gasteiger charge is 2.25. The number of thioether (sulfide) groups is 1. The number of rotatable bonds is 1. The van der Waals surface area contributed by atoms with E-state index >= 15 is 0 Å². The molecule has 1 aromatic carbocycles. The number of ether oxygens (including phenoxy) is 1. The van der Waals surface area contributed by atoms with Gasteiger partial charge in [-0.05, 0) is 17.2 Å². The number of aliphatic hydroxyl groups excluding tert-OH is 1. The van der Waals surface area contributed by atoms with Gasteiger partial charge in [0.15, 0.2) is 0 Å². The van der Waals surface area contributed by atoms with Crippen LogP contribution < -0.4 is 0 Å². The molecule has 19 heavy (non-hydrogen) atoms. The van der Waals surface area contributed by atoms with Gasteiger partial charge in [-0.3, -0.25) is 4.79 Å². The summed E-state index contributed by atoms with van der Waals surface area (Å²) in [4.78, 5) is 25.7. The summed E-state index contributed by atoms with van der Waals surface area (Å²) < 4.78 is 4.46. The van der Waals surface area contributed by atoms with E-state index in [1.807, 2.05) is 18.2 Å². The molecule has 0 atom stereocenters. The summed E-state index contributed by atoms with van der Waals surface area (Å²) in [7, 11) is 1.20. The molecule has 0 saturated carbocycles. The number of methoxy groups -OCH3 is 1. The fourth-order valence-electron chi connectivity index (χ4n) is 1.94. The standard InChI is InChI=1S/C13H15NO4S/c1-18-13(17)12(16)14-4-5-19-11-3-2-9(8-15)6-10(11)7-14/h2-3,6,15H,4-5,7-8H2,1H3. The summed E-state index contributed by atoms with van der Waals surface area (Å²) in [6, 6.07) is 5.67. The highest BCUT2D eigenvalue weighted by atomic mass is 32.2. The molecule has 1 N–H and O–H groups in total. The van der Waals surface area contributed by atoms with Crippen LogP contribution in [0.2, 0.25) is 0 Å². The van der Waals surface area contributed by atoms with Crippen LogP contribution in [0.3, 0.4) is 0 Å². The lowest BCUT2D eigenvalue weighted by Crippen LogP contribution is -2.37. The number of esters is 1. The molecule has 1 aliphatic rings. The smallest absolute Gasteiger partial charge is 0.396 e. The summed E-state index contributed by atoms with van der Waals surface area (Å²) in [5, 5.41) is 9.15. The van der Waals surface area contributed by atoms with Crippen LogP contribution in [-0.4, -0.2) is 41.3 Å². The molecule has 2 rings (SSSR count). The number of aliphatic hydroxyl groups is 1. The van der Waals surface area contributed by atoms with Gasteiger partial charge < -0.3 is 14.7 Å². The minimum absolute atomic E-state index is 0.0388. The maximum Gasteiger partial charge on any atom is 0.396 e. The predicted molar refractivity (Wildman–Crippen MR) is 70.5 cm³/mol. The first kappa shape index (κ1) is 13.9. The number of hydrogen-bond acceptors (Lipinski definition) is 5. The van der Waals surface area contributed by atoms with E-state index < -0.39 is 11.9 Å². The van der Waals surface area contributed by atoms with Crippen LogP contribution >= 0.6 is 11.8 Å². The Morgan fingerprint density at radius 2 is 2.26 bits per heavy atom. The van der Waals surface area contributed by atoms with Gasteiger partial charge in [-0.2, -0.15) is 0 Å². The summed E-state index contributed by atoms with van der Waals surface area (Å²) in [6.45, 7) is 0.828. The zero-order valence-electron chi connectivity index (χ0n) is 10.6. The van der Waals surface area contributed by atoms with E-state index in [1.165, 1.54) is 12.0 Å². The highest BCUT2D eigenvalue weighted by molar-refractivity contribution is 7.99. The van der Waals surface area contributed by atoms with Gasteiger partial charge in [0.05, 0.1) is 13.7 Å². The predicted octanol–water partition coefficient (Wildman–Crippen LogP) is 0.786. The Labute approximate surface area is 115 Å². The quantitative estimate of drug-likeness (QED) is 0.609. The van der Waals surface area contributed by atoms with Crippen molar-refractivity contribution in [3.8, 4) is 0 Å². The Bertz CT molecular complexity index is 503. The molecule has 1 heterocycles. The molecule has 1 aliphatic heterocycles. The number of fused-ring (bicyclic) bond motifs is 1. The molecule has 0 bridgehead atoms. The first-order valence-corrected chi connectivity index (χ1v) is 6.87. The van der Waals surface area contributed by atoms with Gasteiger partial charge in [0.1, 0.15) is 0 Å². The summed E-state index contributed by atoms with van der Waals surface area (Å²) in [5.74, 6) is -0.731. The lowest BCUT2D eigenvalue weighted by atomic mass is 10.1. The first-order valence-electron chi connectivity index (χ1n) is 5.88. The largest absolute Gasteiger partial charge is 0.462 e. The van der Waals surface area contributed by atoms with Crippen molar-refractivity contribution in [2.24, 2.45) is 0 Å². The summed E-state index contributed by atoms with van der Waals surface area (Å²) in [5.41, 5.74) is 1.75. The zero-order valence-corrected chi connectivity index (χ0v) is 11.4. The lowest BCUT2D eigenvalue weighted by Gasteiger charge is -2.19. The maximum atomic E-state index is 11.8. The van der Waals surface area contributed by atoms with Gasteiger partial charge in [-0.1, -0.05) is 12.1 Å². The Morgan fingerprint density at radius 3 is 2.95 bits per heavy atom. The van der Waals surface area contributed by atoms with E-state index in [-0.39, 0.29) is 6.61 Å². The normalized spacial score (nSPS) is 14.5. The molecule has 1 amide bonds. The van der Waals surface area contributed by atoms with E-state index in [2.05, 4.69) is 4.74 Å². The minimum atomic E-state index is -0.841. The Morgan fingerprint density at radius 1 is 1.47 bits per heavy atom. The van der Waals surface area contributed by atoms with Crippen molar-refractivity contribution in [2.45, 2.75) is 18.0 Å². The van der Waals surface area contributed by atoms with Crippen LogP contribution in [0.1, 0.15) is 11.1 Å². The molecule has 0 spiro atoms. The summed E-state index contributed by atoms with van der Waals surface area (Å²) in [6.07, 6.45) is 0. The molecule has 1 aromatic rings. The molecule has 0 radical (unpaired) electrons. The van der Waals surface area contributed by atoms with Gasteiger partial charge in [0.2, 0.25) is 0 Å². The van der Waals surface area contributed by atoms with Crippen LogP contribution in [0.15, 0.2) is 23.1 Å². The van der Waals surface area contributed by atoms with Gasteiger partial charge in [0.25, 0.3) is 0 Å². The summed E-state index contributed by atoms with van der Waals surface area (Å²) >= 11 is 1.64.